The molecule has 36 heavy (non-hydrogen) atoms. The summed E-state index contributed by atoms with van der Waals surface area (Å²) in [6.07, 6.45) is 2.70. The van der Waals surface area contributed by atoms with E-state index < -0.39 is 11.8 Å². The maximum atomic E-state index is 12.7. The Bertz CT molecular complexity index is 1380. The second-order valence-corrected chi connectivity index (χ2v) is 9.44. The van der Waals surface area contributed by atoms with Crippen molar-refractivity contribution in [1.82, 2.24) is 0 Å². The first-order valence-electron chi connectivity index (χ1n) is 11.3. The molecule has 0 unspecified atom stereocenters. The average Bonchev–Trinajstić information content (AvgIpc) is 2.86. The second kappa shape index (κ2) is 9.88. The minimum atomic E-state index is -0.421. The van der Waals surface area contributed by atoms with Crippen LogP contribution in [0, 0.1) is 0 Å². The van der Waals surface area contributed by atoms with Gasteiger partial charge >= 0.3 is 0 Å². The Morgan fingerprint density at radius 2 is 0.944 bits per heavy atom. The molecule has 0 aliphatic heterocycles. The topological polar surface area (TPSA) is 78.9 Å². The lowest BCUT2D eigenvalue weighted by Gasteiger charge is -2.51. The number of hydrogen-bond donors (Lipinski definition) is 0. The molecular formula is C28H22Cl2O6. The van der Waals surface area contributed by atoms with Crippen molar-refractivity contribution in [3.8, 4) is 11.5 Å². The van der Waals surface area contributed by atoms with Crippen molar-refractivity contribution in [1.29, 1.82) is 0 Å². The van der Waals surface area contributed by atoms with Gasteiger partial charge in [-0.2, -0.15) is 0 Å². The Morgan fingerprint density at radius 1 is 0.583 bits per heavy atom. The predicted molar refractivity (Wildman–Crippen MR) is 137 cm³/mol. The van der Waals surface area contributed by atoms with Crippen LogP contribution in [0.15, 0.2) is 91.6 Å². The highest BCUT2D eigenvalue weighted by molar-refractivity contribution is 6.30. The van der Waals surface area contributed by atoms with E-state index >= 15 is 0 Å². The first-order valence-corrected chi connectivity index (χ1v) is 12.0. The van der Waals surface area contributed by atoms with E-state index in [1.54, 1.807) is 0 Å². The smallest absolute Gasteiger partial charge is 0.227 e. The average molecular weight is 525 g/mol. The van der Waals surface area contributed by atoms with Gasteiger partial charge in [0.15, 0.2) is 11.5 Å². The van der Waals surface area contributed by atoms with E-state index in [-0.39, 0.29) is 34.2 Å². The Kier molecular flexibility index (Phi) is 6.65. The van der Waals surface area contributed by atoms with Crippen LogP contribution < -0.4 is 20.3 Å². The molecular weight excluding hydrogens is 503 g/mol. The van der Waals surface area contributed by atoms with E-state index in [4.69, 9.17) is 41.5 Å². The quantitative estimate of drug-likeness (QED) is 0.291. The van der Waals surface area contributed by atoms with Gasteiger partial charge in [-0.05, 0) is 35.4 Å². The highest BCUT2D eigenvalue weighted by Crippen LogP contribution is 2.68. The molecule has 8 heteroatoms. The minimum Gasteiger partial charge on any atom is -0.490 e. The molecule has 1 aliphatic carbocycles. The van der Waals surface area contributed by atoms with Crippen LogP contribution in [0.4, 0.5) is 0 Å². The standard InChI is InChI=1S/C28H22Cl2O6/c1-33-25-19(31)11-13-35-27(25)23-21(15-3-7-17(29)8-4-15)22(16-5-9-18(30)10-6-16)24(23)28-26(34-2)20(32)12-14-36-28/h3-14,21-24H,1-2H3/t21-,22-,23+,24+/m0/s1. The fraction of sp³-hybridized carbons (Fsp3) is 0.214. The molecule has 5 rings (SSSR count). The lowest BCUT2D eigenvalue weighted by atomic mass is 9.51. The predicted octanol–water partition coefficient (Wildman–Crippen LogP) is 6.37. The molecule has 1 fully saturated rings. The maximum Gasteiger partial charge on any atom is 0.227 e. The van der Waals surface area contributed by atoms with E-state index in [9.17, 15) is 9.59 Å². The summed E-state index contributed by atoms with van der Waals surface area (Å²) in [4.78, 5) is 25.4. The van der Waals surface area contributed by atoms with Crippen molar-refractivity contribution in [2.75, 3.05) is 14.2 Å². The van der Waals surface area contributed by atoms with Gasteiger partial charge in [-0.1, -0.05) is 47.5 Å². The third-order valence-electron chi connectivity index (χ3n) is 6.80. The number of halogens is 2. The van der Waals surface area contributed by atoms with Gasteiger partial charge in [-0.15, -0.1) is 0 Å². The van der Waals surface area contributed by atoms with Crippen LogP contribution in [-0.4, -0.2) is 14.2 Å². The van der Waals surface area contributed by atoms with Gasteiger partial charge in [-0.25, -0.2) is 0 Å². The monoisotopic (exact) mass is 524 g/mol. The SMILES string of the molecule is COc1c([C@@H]2[C@@H](c3ccc(Cl)cc3)[C@H](c3ccc(Cl)cc3)[C@H]2c2occc(=O)c2OC)occc1=O. The summed E-state index contributed by atoms with van der Waals surface area (Å²) in [6.45, 7) is 0. The molecule has 184 valence electrons. The summed E-state index contributed by atoms with van der Waals surface area (Å²) in [5, 5.41) is 1.21. The molecule has 2 heterocycles. The number of ether oxygens (including phenoxy) is 2. The lowest BCUT2D eigenvalue weighted by Crippen LogP contribution is -2.41. The molecule has 6 nitrogen and oxygen atoms in total. The van der Waals surface area contributed by atoms with E-state index in [1.807, 2.05) is 48.5 Å². The van der Waals surface area contributed by atoms with Crippen molar-refractivity contribution in [2.45, 2.75) is 23.7 Å². The van der Waals surface area contributed by atoms with E-state index in [2.05, 4.69) is 0 Å². The summed E-state index contributed by atoms with van der Waals surface area (Å²) in [7, 11) is 2.86. The largest absolute Gasteiger partial charge is 0.490 e. The molecule has 1 aliphatic rings. The van der Waals surface area contributed by atoms with Gasteiger partial charge in [0.05, 0.1) is 26.7 Å². The zero-order valence-corrected chi connectivity index (χ0v) is 21.0. The van der Waals surface area contributed by atoms with Crippen LogP contribution in [0.3, 0.4) is 0 Å². The number of hydrogen-bond acceptors (Lipinski definition) is 6. The molecule has 0 radical (unpaired) electrons. The molecule has 4 atom stereocenters. The fourth-order valence-electron chi connectivity index (χ4n) is 5.30. The molecule has 1 saturated carbocycles. The number of methoxy groups -OCH3 is 2. The normalized spacial score (nSPS) is 21.0. The first kappa shape index (κ1) is 24.2. The van der Waals surface area contributed by atoms with Crippen molar-refractivity contribution >= 4 is 23.2 Å². The van der Waals surface area contributed by atoms with Crippen LogP contribution in [0.25, 0.3) is 0 Å². The third kappa shape index (κ3) is 4.10. The zero-order chi connectivity index (χ0) is 25.4. The Balaban J connectivity index is 1.79. The van der Waals surface area contributed by atoms with Crippen LogP contribution in [-0.2, 0) is 0 Å². The van der Waals surface area contributed by atoms with Gasteiger partial charge in [0.25, 0.3) is 0 Å². The molecule has 0 spiro atoms. The van der Waals surface area contributed by atoms with Crippen LogP contribution >= 0.6 is 23.2 Å². The Hall–Kier alpha value is -3.48. The molecule has 2 aromatic heterocycles. The molecule has 0 N–H and O–H groups in total. The lowest BCUT2D eigenvalue weighted by molar-refractivity contribution is 0.160. The highest BCUT2D eigenvalue weighted by Gasteiger charge is 2.57. The Morgan fingerprint density at radius 3 is 1.28 bits per heavy atom. The molecule has 2 aromatic carbocycles. The van der Waals surface area contributed by atoms with Gasteiger partial charge in [0.2, 0.25) is 22.4 Å². The van der Waals surface area contributed by atoms with E-state index in [1.165, 1.54) is 38.9 Å². The minimum absolute atomic E-state index is 0.110. The Labute approximate surface area is 217 Å². The van der Waals surface area contributed by atoms with Crippen molar-refractivity contribution in [3.63, 3.8) is 0 Å². The molecule has 0 amide bonds. The highest BCUT2D eigenvalue weighted by atomic mass is 35.5. The fourth-order valence-corrected chi connectivity index (χ4v) is 5.55. The summed E-state index contributed by atoms with van der Waals surface area (Å²) in [5.41, 5.74) is 1.35. The van der Waals surface area contributed by atoms with Gasteiger partial charge < -0.3 is 18.3 Å². The van der Waals surface area contributed by atoms with E-state index in [0.29, 0.717) is 21.6 Å². The maximum absolute atomic E-state index is 12.7. The van der Waals surface area contributed by atoms with Gasteiger partial charge in [0, 0.05) is 45.8 Å². The van der Waals surface area contributed by atoms with E-state index in [0.717, 1.165) is 11.1 Å². The number of rotatable bonds is 6. The van der Waals surface area contributed by atoms with Gasteiger partial charge in [0.1, 0.15) is 0 Å². The van der Waals surface area contributed by atoms with Crippen molar-refractivity contribution in [3.05, 3.63) is 126 Å². The molecule has 4 aromatic rings. The van der Waals surface area contributed by atoms with Crippen molar-refractivity contribution in [2.24, 2.45) is 0 Å². The van der Waals surface area contributed by atoms with Gasteiger partial charge in [-0.3, -0.25) is 9.59 Å². The summed E-state index contributed by atoms with van der Waals surface area (Å²) in [6, 6.07) is 17.7. The number of benzene rings is 2. The van der Waals surface area contributed by atoms with Crippen LogP contribution in [0.2, 0.25) is 10.0 Å². The molecule has 0 bridgehead atoms. The summed E-state index contributed by atoms with van der Waals surface area (Å²) < 4.78 is 22.8. The van der Waals surface area contributed by atoms with Crippen LogP contribution in [0.5, 0.6) is 11.5 Å². The third-order valence-corrected chi connectivity index (χ3v) is 7.30. The summed E-state index contributed by atoms with van der Waals surface area (Å²) in [5.74, 6) is -0.240. The second-order valence-electron chi connectivity index (χ2n) is 8.57. The summed E-state index contributed by atoms with van der Waals surface area (Å²) >= 11 is 12.4. The van der Waals surface area contributed by atoms with Crippen LogP contribution in [0.1, 0.15) is 46.3 Å². The molecule has 0 saturated heterocycles. The van der Waals surface area contributed by atoms with Crippen molar-refractivity contribution < 1.29 is 18.3 Å². The first-order chi connectivity index (χ1) is 17.4. The zero-order valence-electron chi connectivity index (χ0n) is 19.4.